The highest BCUT2D eigenvalue weighted by Gasteiger charge is 2.33. The van der Waals surface area contributed by atoms with Crippen LogP contribution in [0.1, 0.15) is 32.1 Å². The monoisotopic (exact) mass is 337 g/mol. The van der Waals surface area contributed by atoms with Gasteiger partial charge in [-0.1, -0.05) is 16.1 Å². The zero-order chi connectivity index (χ0) is 15.7. The van der Waals surface area contributed by atoms with Crippen molar-refractivity contribution in [3.8, 4) is 0 Å². The van der Waals surface area contributed by atoms with Crippen LogP contribution in [-0.4, -0.2) is 49.5 Å². The van der Waals surface area contributed by atoms with Crippen LogP contribution in [0.4, 0.5) is 0 Å². The first-order chi connectivity index (χ1) is 10.6. The van der Waals surface area contributed by atoms with Crippen molar-refractivity contribution in [1.82, 2.24) is 24.6 Å². The number of carbonyl (C=O) groups excluding carboxylic acids is 2. The summed E-state index contributed by atoms with van der Waals surface area (Å²) in [6.45, 7) is 2.70. The van der Waals surface area contributed by atoms with Gasteiger partial charge in [0, 0.05) is 19.3 Å². The third kappa shape index (κ3) is 2.67. The number of carbonyl (C=O) groups is 2. The van der Waals surface area contributed by atoms with Crippen LogP contribution in [0.3, 0.4) is 0 Å². The molecule has 0 aliphatic carbocycles. The number of aryl methyl sites for hydroxylation is 1. The second-order valence-electron chi connectivity index (χ2n) is 4.77. The van der Waals surface area contributed by atoms with Gasteiger partial charge < -0.3 is 0 Å². The van der Waals surface area contributed by atoms with Gasteiger partial charge in [-0.15, -0.1) is 5.10 Å². The molecule has 0 radical (unpaired) electrons. The normalized spacial score (nSPS) is 14.5. The maximum absolute atomic E-state index is 12.6. The molecule has 3 heterocycles. The standard InChI is InChI=1S/C13H12ClN5O2S/c1-8-11(22-17-16-8)13(21)19-6-2-5-18(19)12(20)9-3-4-10(14)15-7-9/h3-4,7H,2,5-6H2,1H3. The fourth-order valence-corrected chi connectivity index (χ4v) is 2.94. The summed E-state index contributed by atoms with van der Waals surface area (Å²) in [6, 6.07) is 3.15. The Labute approximate surface area is 135 Å². The molecular formula is C13H12ClN5O2S. The highest BCUT2D eigenvalue weighted by Crippen LogP contribution is 2.21. The fraction of sp³-hybridized carbons (Fsp3) is 0.308. The van der Waals surface area contributed by atoms with Crippen LogP contribution in [0.25, 0.3) is 0 Å². The number of pyridine rings is 1. The maximum Gasteiger partial charge on any atom is 0.286 e. The third-order valence-corrected chi connectivity index (χ3v) is 4.36. The van der Waals surface area contributed by atoms with Crippen molar-refractivity contribution in [3.05, 3.63) is 39.6 Å². The van der Waals surface area contributed by atoms with Gasteiger partial charge in [-0.25, -0.2) is 15.0 Å². The van der Waals surface area contributed by atoms with E-state index in [2.05, 4.69) is 14.6 Å². The predicted octanol–water partition coefficient (Wildman–Crippen LogP) is 1.80. The summed E-state index contributed by atoms with van der Waals surface area (Å²) in [4.78, 5) is 29.5. The molecule has 22 heavy (non-hydrogen) atoms. The Bertz CT molecular complexity index is 717. The molecule has 0 spiro atoms. The van der Waals surface area contributed by atoms with Crippen LogP contribution in [0.2, 0.25) is 5.15 Å². The van der Waals surface area contributed by atoms with Crippen molar-refractivity contribution >= 4 is 34.9 Å². The van der Waals surface area contributed by atoms with E-state index in [1.54, 1.807) is 19.1 Å². The number of hydrazine groups is 1. The Morgan fingerprint density at radius 2 is 1.95 bits per heavy atom. The van der Waals surface area contributed by atoms with Gasteiger partial charge in [-0.05, 0) is 37.0 Å². The number of amides is 2. The van der Waals surface area contributed by atoms with Crippen LogP contribution >= 0.6 is 23.1 Å². The molecule has 2 amide bonds. The first kappa shape index (κ1) is 14.9. The summed E-state index contributed by atoms with van der Waals surface area (Å²) in [7, 11) is 0. The first-order valence-electron chi connectivity index (χ1n) is 6.62. The Kier molecular flexibility index (Phi) is 4.04. The van der Waals surface area contributed by atoms with E-state index in [1.807, 2.05) is 0 Å². The van der Waals surface area contributed by atoms with E-state index in [4.69, 9.17) is 11.6 Å². The summed E-state index contributed by atoms with van der Waals surface area (Å²) in [5.41, 5.74) is 0.964. The molecule has 3 rings (SSSR count). The van der Waals surface area contributed by atoms with Crippen LogP contribution in [0, 0.1) is 6.92 Å². The number of hydrogen-bond donors (Lipinski definition) is 0. The summed E-state index contributed by atoms with van der Waals surface area (Å²) < 4.78 is 3.77. The largest absolute Gasteiger partial charge is 0.286 e. The zero-order valence-electron chi connectivity index (χ0n) is 11.7. The van der Waals surface area contributed by atoms with Crippen LogP contribution in [-0.2, 0) is 0 Å². The molecule has 114 valence electrons. The maximum atomic E-state index is 12.6. The summed E-state index contributed by atoms with van der Waals surface area (Å²) in [5, 5.41) is 7.04. The SMILES string of the molecule is Cc1nnsc1C(=O)N1CCCN1C(=O)c1ccc(Cl)nc1. The molecular weight excluding hydrogens is 326 g/mol. The average molecular weight is 338 g/mol. The Hall–Kier alpha value is -2.06. The van der Waals surface area contributed by atoms with Crippen molar-refractivity contribution in [3.63, 3.8) is 0 Å². The number of nitrogens with zero attached hydrogens (tertiary/aromatic N) is 5. The van der Waals surface area contributed by atoms with E-state index in [-0.39, 0.29) is 11.8 Å². The quantitative estimate of drug-likeness (QED) is 0.781. The fourth-order valence-electron chi connectivity index (χ4n) is 2.23. The summed E-state index contributed by atoms with van der Waals surface area (Å²) in [5.74, 6) is -0.523. The smallest absolute Gasteiger partial charge is 0.267 e. The third-order valence-electron chi connectivity index (χ3n) is 3.32. The first-order valence-corrected chi connectivity index (χ1v) is 7.77. The van der Waals surface area contributed by atoms with Crippen molar-refractivity contribution in [2.45, 2.75) is 13.3 Å². The van der Waals surface area contributed by atoms with Crippen LogP contribution in [0.15, 0.2) is 18.3 Å². The van der Waals surface area contributed by atoms with Crippen molar-refractivity contribution < 1.29 is 9.59 Å². The Morgan fingerprint density at radius 1 is 1.23 bits per heavy atom. The van der Waals surface area contributed by atoms with E-state index in [0.717, 1.165) is 18.0 Å². The molecule has 1 fully saturated rings. The van der Waals surface area contributed by atoms with Gasteiger partial charge in [0.15, 0.2) is 0 Å². The second-order valence-corrected chi connectivity index (χ2v) is 5.91. The van der Waals surface area contributed by atoms with Gasteiger partial charge >= 0.3 is 0 Å². The molecule has 0 bridgehead atoms. The van der Waals surface area contributed by atoms with E-state index < -0.39 is 0 Å². The van der Waals surface area contributed by atoms with Gasteiger partial charge in [0.1, 0.15) is 10.0 Å². The molecule has 2 aromatic rings. The lowest BCUT2D eigenvalue weighted by Gasteiger charge is -2.27. The van der Waals surface area contributed by atoms with Crippen molar-refractivity contribution in [1.29, 1.82) is 0 Å². The number of aromatic nitrogens is 3. The average Bonchev–Trinajstić information content (AvgIpc) is 3.15. The number of halogens is 1. The van der Waals surface area contributed by atoms with Crippen molar-refractivity contribution in [2.75, 3.05) is 13.1 Å². The minimum atomic E-state index is -0.273. The number of rotatable bonds is 2. The molecule has 1 saturated heterocycles. The molecule has 0 saturated carbocycles. The van der Waals surface area contributed by atoms with Crippen molar-refractivity contribution in [2.24, 2.45) is 0 Å². The predicted molar refractivity (Wildman–Crippen MR) is 80.6 cm³/mol. The highest BCUT2D eigenvalue weighted by molar-refractivity contribution is 7.07. The Balaban J connectivity index is 1.84. The lowest BCUT2D eigenvalue weighted by molar-refractivity contribution is 0.0188. The van der Waals surface area contributed by atoms with E-state index in [1.165, 1.54) is 16.2 Å². The van der Waals surface area contributed by atoms with Gasteiger partial charge in [-0.2, -0.15) is 0 Å². The molecule has 7 nitrogen and oxygen atoms in total. The van der Waals surface area contributed by atoms with Crippen LogP contribution < -0.4 is 0 Å². The summed E-state index contributed by atoms with van der Waals surface area (Å²) >= 11 is 6.76. The van der Waals surface area contributed by atoms with E-state index in [0.29, 0.717) is 34.4 Å². The summed E-state index contributed by atoms with van der Waals surface area (Å²) in [6.07, 6.45) is 2.13. The molecule has 1 aliphatic rings. The molecule has 2 aromatic heterocycles. The minimum absolute atomic E-state index is 0.250. The minimum Gasteiger partial charge on any atom is -0.267 e. The molecule has 9 heteroatoms. The van der Waals surface area contributed by atoms with Gasteiger partial charge in [0.05, 0.1) is 11.3 Å². The van der Waals surface area contributed by atoms with Crippen LogP contribution in [0.5, 0.6) is 0 Å². The Morgan fingerprint density at radius 3 is 2.55 bits per heavy atom. The molecule has 0 atom stereocenters. The van der Waals surface area contributed by atoms with Gasteiger partial charge in [-0.3, -0.25) is 9.59 Å². The zero-order valence-corrected chi connectivity index (χ0v) is 13.3. The van der Waals surface area contributed by atoms with Gasteiger partial charge in [0.25, 0.3) is 11.8 Å². The van der Waals surface area contributed by atoms with E-state index in [9.17, 15) is 9.59 Å². The molecule has 1 aliphatic heterocycles. The second kappa shape index (κ2) is 5.98. The van der Waals surface area contributed by atoms with E-state index >= 15 is 0 Å². The topological polar surface area (TPSA) is 79.3 Å². The molecule has 0 aromatic carbocycles. The highest BCUT2D eigenvalue weighted by atomic mass is 35.5. The number of hydrogen-bond acceptors (Lipinski definition) is 6. The molecule has 0 unspecified atom stereocenters. The van der Waals surface area contributed by atoms with Gasteiger partial charge in [0.2, 0.25) is 0 Å². The molecule has 0 N–H and O–H groups in total. The lowest BCUT2D eigenvalue weighted by atomic mass is 10.2. The lowest BCUT2D eigenvalue weighted by Crippen LogP contribution is -2.44.